The van der Waals surface area contributed by atoms with Crippen LogP contribution in [0.15, 0.2) is 30.9 Å². The lowest BCUT2D eigenvalue weighted by Gasteiger charge is -2.15. The summed E-state index contributed by atoms with van der Waals surface area (Å²) in [4.78, 5) is 19.8. The normalized spacial score (nSPS) is 11.8. The van der Waals surface area contributed by atoms with Crippen molar-refractivity contribution in [3.8, 4) is 5.88 Å². The number of amides is 2. The molecule has 0 aliphatic carbocycles. The van der Waals surface area contributed by atoms with E-state index in [1.165, 1.54) is 25.3 Å². The van der Waals surface area contributed by atoms with Crippen molar-refractivity contribution in [2.24, 2.45) is 7.05 Å². The predicted molar refractivity (Wildman–Crippen MR) is 83.9 cm³/mol. The summed E-state index contributed by atoms with van der Waals surface area (Å²) in [6, 6.07) is 3.85. The van der Waals surface area contributed by atoms with Crippen LogP contribution < -0.4 is 15.4 Å². The number of carbonyl (C=O) groups excluding carboxylic acids is 1. The number of aromatic nitrogens is 3. The number of carbonyl (C=O) groups is 1. The molecule has 0 aromatic carbocycles. The molecule has 22 heavy (non-hydrogen) atoms. The molecule has 1 unspecified atom stereocenters. The number of hydrogen-bond donors (Lipinski definition) is 2. The predicted octanol–water partition coefficient (Wildman–Crippen LogP) is 1.97. The fraction of sp³-hybridized carbons (Fsp3) is 0.400. The summed E-state index contributed by atoms with van der Waals surface area (Å²) in [5.41, 5.74) is 1.68. The van der Waals surface area contributed by atoms with Crippen LogP contribution in [0.5, 0.6) is 5.88 Å². The molecule has 0 radical (unpaired) electrons. The van der Waals surface area contributed by atoms with Crippen LogP contribution in [-0.4, -0.2) is 33.7 Å². The standard InChI is InChI=1S/C15H21N5O2/c1-11(6-7-12-5-4-8-20(12)2)18-15(21)19-13-9-16-10-17-14(13)22-3/h4-5,8-11H,6-7H2,1-3H3,(H2,18,19,21). The molecule has 0 fully saturated rings. The third-order valence-corrected chi connectivity index (χ3v) is 3.38. The van der Waals surface area contributed by atoms with Gasteiger partial charge in [0.05, 0.1) is 13.3 Å². The second kappa shape index (κ2) is 7.44. The van der Waals surface area contributed by atoms with Gasteiger partial charge in [0.15, 0.2) is 0 Å². The maximum atomic E-state index is 12.0. The van der Waals surface area contributed by atoms with Crippen molar-refractivity contribution < 1.29 is 9.53 Å². The number of nitrogens with one attached hydrogen (secondary N) is 2. The van der Waals surface area contributed by atoms with E-state index in [0.29, 0.717) is 11.6 Å². The first-order valence-electron chi connectivity index (χ1n) is 7.12. The highest BCUT2D eigenvalue weighted by Gasteiger charge is 2.11. The minimum absolute atomic E-state index is 0.0468. The van der Waals surface area contributed by atoms with Crippen LogP contribution in [0, 0.1) is 0 Å². The first-order valence-corrected chi connectivity index (χ1v) is 7.12. The Morgan fingerprint density at radius 2 is 2.32 bits per heavy atom. The van der Waals surface area contributed by atoms with E-state index in [1.54, 1.807) is 0 Å². The van der Waals surface area contributed by atoms with E-state index in [9.17, 15) is 4.79 Å². The van der Waals surface area contributed by atoms with E-state index in [0.717, 1.165) is 12.8 Å². The minimum atomic E-state index is -0.299. The largest absolute Gasteiger partial charge is 0.479 e. The molecule has 2 aromatic heterocycles. The van der Waals surface area contributed by atoms with Gasteiger partial charge in [0.1, 0.15) is 12.0 Å². The van der Waals surface area contributed by atoms with Crippen LogP contribution in [0.3, 0.4) is 0 Å². The third kappa shape index (κ3) is 4.21. The van der Waals surface area contributed by atoms with Gasteiger partial charge in [-0.25, -0.2) is 9.78 Å². The quantitative estimate of drug-likeness (QED) is 0.855. The molecule has 0 spiro atoms. The molecule has 0 saturated carbocycles. The fourth-order valence-electron chi connectivity index (χ4n) is 2.14. The number of anilines is 1. The molecule has 0 saturated heterocycles. The molecule has 0 bridgehead atoms. The number of ether oxygens (including phenoxy) is 1. The Labute approximate surface area is 129 Å². The smallest absolute Gasteiger partial charge is 0.319 e. The van der Waals surface area contributed by atoms with E-state index in [1.807, 2.05) is 26.2 Å². The molecule has 7 nitrogen and oxygen atoms in total. The van der Waals surface area contributed by atoms with Crippen molar-refractivity contribution in [2.45, 2.75) is 25.8 Å². The van der Waals surface area contributed by atoms with Crippen LogP contribution in [0.25, 0.3) is 0 Å². The van der Waals surface area contributed by atoms with Gasteiger partial charge in [0, 0.05) is 25.0 Å². The van der Waals surface area contributed by atoms with Gasteiger partial charge in [-0.3, -0.25) is 0 Å². The molecule has 118 valence electrons. The Bertz CT molecular complexity index is 626. The number of nitrogens with zero attached hydrogens (tertiary/aromatic N) is 3. The van der Waals surface area contributed by atoms with Gasteiger partial charge in [-0.1, -0.05) is 0 Å². The van der Waals surface area contributed by atoms with Crippen LogP contribution in [0.2, 0.25) is 0 Å². The van der Waals surface area contributed by atoms with Crippen LogP contribution >= 0.6 is 0 Å². The average Bonchev–Trinajstić information content (AvgIpc) is 2.91. The van der Waals surface area contributed by atoms with Gasteiger partial charge < -0.3 is 19.9 Å². The Balaban J connectivity index is 1.82. The maximum absolute atomic E-state index is 12.0. The topological polar surface area (TPSA) is 81.1 Å². The van der Waals surface area contributed by atoms with E-state index >= 15 is 0 Å². The van der Waals surface area contributed by atoms with E-state index in [-0.39, 0.29) is 12.1 Å². The zero-order valence-electron chi connectivity index (χ0n) is 13.0. The maximum Gasteiger partial charge on any atom is 0.319 e. The van der Waals surface area contributed by atoms with Crippen molar-refractivity contribution in [2.75, 3.05) is 12.4 Å². The summed E-state index contributed by atoms with van der Waals surface area (Å²) < 4.78 is 7.15. The van der Waals surface area contributed by atoms with Gasteiger partial charge in [-0.2, -0.15) is 4.98 Å². The van der Waals surface area contributed by atoms with Crippen molar-refractivity contribution in [3.63, 3.8) is 0 Å². The Hall–Kier alpha value is -2.57. The Kier molecular flexibility index (Phi) is 5.35. The molecular weight excluding hydrogens is 282 g/mol. The SMILES string of the molecule is COc1ncncc1NC(=O)NC(C)CCc1cccn1C. The van der Waals surface area contributed by atoms with E-state index < -0.39 is 0 Å². The molecule has 2 amide bonds. The highest BCUT2D eigenvalue weighted by Crippen LogP contribution is 2.18. The molecule has 7 heteroatoms. The highest BCUT2D eigenvalue weighted by atomic mass is 16.5. The van der Waals surface area contributed by atoms with E-state index in [4.69, 9.17) is 4.74 Å². The van der Waals surface area contributed by atoms with Crippen LogP contribution in [-0.2, 0) is 13.5 Å². The molecule has 0 aliphatic heterocycles. The number of hydrogen-bond acceptors (Lipinski definition) is 4. The van der Waals surface area contributed by atoms with Gasteiger partial charge in [-0.05, 0) is 31.9 Å². The summed E-state index contributed by atoms with van der Waals surface area (Å²) in [6.45, 7) is 1.97. The molecule has 2 heterocycles. The molecule has 1 atom stereocenters. The van der Waals surface area contributed by atoms with Crippen molar-refractivity contribution in [1.82, 2.24) is 19.9 Å². The van der Waals surface area contributed by atoms with Crippen molar-refractivity contribution in [1.29, 1.82) is 0 Å². The lowest BCUT2D eigenvalue weighted by molar-refractivity contribution is 0.248. The number of aryl methyl sites for hydroxylation is 2. The van der Waals surface area contributed by atoms with Crippen molar-refractivity contribution >= 4 is 11.7 Å². The minimum Gasteiger partial charge on any atom is -0.479 e. The summed E-state index contributed by atoms with van der Waals surface area (Å²) in [5, 5.41) is 5.58. The average molecular weight is 303 g/mol. The second-order valence-corrected chi connectivity index (χ2v) is 5.09. The molecule has 2 N–H and O–H groups in total. The number of methoxy groups -OCH3 is 1. The highest BCUT2D eigenvalue weighted by molar-refractivity contribution is 5.90. The Morgan fingerprint density at radius 1 is 1.50 bits per heavy atom. The summed E-state index contributed by atoms with van der Waals surface area (Å²) >= 11 is 0. The van der Waals surface area contributed by atoms with Gasteiger partial charge in [-0.15, -0.1) is 0 Å². The Morgan fingerprint density at radius 3 is 3.00 bits per heavy atom. The monoisotopic (exact) mass is 303 g/mol. The lowest BCUT2D eigenvalue weighted by atomic mass is 10.1. The summed E-state index contributed by atoms with van der Waals surface area (Å²) in [6.07, 6.45) is 6.64. The third-order valence-electron chi connectivity index (χ3n) is 3.38. The number of urea groups is 1. The lowest BCUT2D eigenvalue weighted by Crippen LogP contribution is -2.36. The summed E-state index contributed by atoms with van der Waals surface area (Å²) in [5.74, 6) is 0.335. The zero-order chi connectivity index (χ0) is 15.9. The fourth-order valence-corrected chi connectivity index (χ4v) is 2.14. The molecule has 2 rings (SSSR count). The number of rotatable bonds is 6. The first kappa shape index (κ1) is 15.8. The molecule has 2 aromatic rings. The summed E-state index contributed by atoms with van der Waals surface area (Å²) in [7, 11) is 3.51. The van der Waals surface area contributed by atoms with Crippen molar-refractivity contribution in [3.05, 3.63) is 36.5 Å². The van der Waals surface area contributed by atoms with Gasteiger partial charge >= 0.3 is 6.03 Å². The zero-order valence-corrected chi connectivity index (χ0v) is 13.0. The van der Waals surface area contributed by atoms with Crippen LogP contribution in [0.1, 0.15) is 19.0 Å². The molecule has 0 aliphatic rings. The van der Waals surface area contributed by atoms with E-state index in [2.05, 4.69) is 31.2 Å². The first-order chi connectivity index (χ1) is 10.6. The molecular formula is C15H21N5O2. The second-order valence-electron chi connectivity index (χ2n) is 5.09. The van der Waals surface area contributed by atoms with Gasteiger partial charge in [0.2, 0.25) is 5.88 Å². The van der Waals surface area contributed by atoms with Crippen LogP contribution in [0.4, 0.5) is 10.5 Å². The van der Waals surface area contributed by atoms with Gasteiger partial charge in [0.25, 0.3) is 0 Å².